The summed E-state index contributed by atoms with van der Waals surface area (Å²) in [6, 6.07) is 5.33. The summed E-state index contributed by atoms with van der Waals surface area (Å²) in [7, 11) is 0. The molecule has 1 aliphatic carbocycles. The zero-order valence-electron chi connectivity index (χ0n) is 10.2. The lowest BCUT2D eigenvalue weighted by Crippen LogP contribution is -2.32. The van der Waals surface area contributed by atoms with Crippen LogP contribution in [0.15, 0.2) is 18.2 Å². The molecule has 0 aromatic heterocycles. The number of hydrogen-bond acceptors (Lipinski definition) is 1. The van der Waals surface area contributed by atoms with Crippen molar-refractivity contribution in [3.63, 3.8) is 0 Å². The molecule has 1 atom stereocenters. The van der Waals surface area contributed by atoms with Crippen molar-refractivity contribution in [1.82, 2.24) is 5.32 Å². The SMILES string of the molecule is C[C@@H](NCc1ccc(Cl)cc1F)C1CCCC1. The van der Waals surface area contributed by atoms with Crippen molar-refractivity contribution >= 4 is 11.6 Å². The van der Waals surface area contributed by atoms with Crippen molar-refractivity contribution in [3.05, 3.63) is 34.6 Å². The van der Waals surface area contributed by atoms with Crippen LogP contribution in [0.2, 0.25) is 5.02 Å². The first-order chi connectivity index (χ1) is 8.16. The van der Waals surface area contributed by atoms with E-state index in [1.807, 2.05) is 0 Å². The molecule has 1 fully saturated rings. The van der Waals surface area contributed by atoms with Crippen molar-refractivity contribution in [1.29, 1.82) is 0 Å². The third kappa shape index (κ3) is 3.43. The zero-order chi connectivity index (χ0) is 12.3. The molecule has 0 unspecified atom stereocenters. The molecule has 3 heteroatoms. The molecule has 17 heavy (non-hydrogen) atoms. The molecule has 1 N–H and O–H groups in total. The summed E-state index contributed by atoms with van der Waals surface area (Å²) in [5.74, 6) is 0.536. The van der Waals surface area contributed by atoms with Crippen LogP contribution < -0.4 is 5.32 Å². The summed E-state index contributed by atoms with van der Waals surface area (Å²) < 4.78 is 13.6. The fourth-order valence-electron chi connectivity index (χ4n) is 2.56. The fraction of sp³-hybridized carbons (Fsp3) is 0.571. The Morgan fingerprint density at radius 2 is 2.12 bits per heavy atom. The van der Waals surface area contributed by atoms with Crippen LogP contribution in [0, 0.1) is 11.7 Å². The monoisotopic (exact) mass is 255 g/mol. The summed E-state index contributed by atoms with van der Waals surface area (Å²) in [6.45, 7) is 2.78. The van der Waals surface area contributed by atoms with Crippen LogP contribution in [0.3, 0.4) is 0 Å². The van der Waals surface area contributed by atoms with E-state index in [-0.39, 0.29) is 5.82 Å². The first-order valence-corrected chi connectivity index (χ1v) is 6.72. The molecule has 0 spiro atoms. The zero-order valence-corrected chi connectivity index (χ0v) is 10.9. The van der Waals surface area contributed by atoms with Crippen molar-refractivity contribution in [2.45, 2.75) is 45.2 Å². The largest absolute Gasteiger partial charge is 0.310 e. The molecule has 1 aliphatic rings. The van der Waals surface area contributed by atoms with Crippen LogP contribution in [-0.4, -0.2) is 6.04 Å². The van der Waals surface area contributed by atoms with E-state index >= 15 is 0 Å². The van der Waals surface area contributed by atoms with E-state index in [1.165, 1.54) is 31.7 Å². The Morgan fingerprint density at radius 1 is 1.41 bits per heavy atom. The minimum absolute atomic E-state index is 0.219. The fourth-order valence-corrected chi connectivity index (χ4v) is 2.72. The van der Waals surface area contributed by atoms with Gasteiger partial charge in [0, 0.05) is 23.2 Å². The van der Waals surface area contributed by atoms with Gasteiger partial charge in [-0.3, -0.25) is 0 Å². The van der Waals surface area contributed by atoms with E-state index in [0.29, 0.717) is 23.2 Å². The number of hydrogen-bond donors (Lipinski definition) is 1. The topological polar surface area (TPSA) is 12.0 Å². The molecule has 1 aromatic rings. The second-order valence-corrected chi connectivity index (χ2v) is 5.39. The van der Waals surface area contributed by atoms with Crippen LogP contribution >= 0.6 is 11.6 Å². The highest BCUT2D eigenvalue weighted by molar-refractivity contribution is 6.30. The molecule has 94 valence electrons. The molecule has 2 rings (SSSR count). The lowest BCUT2D eigenvalue weighted by Gasteiger charge is -2.20. The number of rotatable bonds is 4. The number of benzene rings is 1. The lowest BCUT2D eigenvalue weighted by atomic mass is 9.99. The average molecular weight is 256 g/mol. The van der Waals surface area contributed by atoms with Gasteiger partial charge in [-0.1, -0.05) is 30.5 Å². The second kappa shape index (κ2) is 5.83. The van der Waals surface area contributed by atoms with Gasteiger partial charge in [-0.05, 0) is 37.8 Å². The molecule has 1 saturated carbocycles. The summed E-state index contributed by atoms with van der Waals surface area (Å²) in [5.41, 5.74) is 0.694. The van der Waals surface area contributed by atoms with E-state index in [0.717, 1.165) is 5.92 Å². The van der Waals surface area contributed by atoms with E-state index in [4.69, 9.17) is 11.6 Å². The first kappa shape index (κ1) is 12.8. The standard InChI is InChI=1S/C14H19ClFN/c1-10(11-4-2-3-5-11)17-9-12-6-7-13(15)8-14(12)16/h6-8,10-11,17H,2-5,9H2,1H3/t10-/m1/s1. The highest BCUT2D eigenvalue weighted by Gasteiger charge is 2.21. The normalized spacial score (nSPS) is 18.5. The Labute approximate surface area is 107 Å². The Bertz CT molecular complexity index is 374. The van der Waals surface area contributed by atoms with Gasteiger partial charge in [-0.2, -0.15) is 0 Å². The van der Waals surface area contributed by atoms with Crippen LogP contribution in [-0.2, 0) is 6.54 Å². The summed E-state index contributed by atoms with van der Waals surface area (Å²) >= 11 is 5.72. The van der Waals surface area contributed by atoms with Gasteiger partial charge in [0.25, 0.3) is 0 Å². The predicted octanol–water partition coefficient (Wildman–Crippen LogP) is 4.15. The molecule has 1 aromatic carbocycles. The molecular formula is C14H19ClFN. The molecule has 0 radical (unpaired) electrons. The quantitative estimate of drug-likeness (QED) is 0.852. The smallest absolute Gasteiger partial charge is 0.129 e. The van der Waals surface area contributed by atoms with Gasteiger partial charge in [0.2, 0.25) is 0 Å². The van der Waals surface area contributed by atoms with Gasteiger partial charge in [-0.15, -0.1) is 0 Å². The molecule has 0 saturated heterocycles. The summed E-state index contributed by atoms with van der Waals surface area (Å²) in [4.78, 5) is 0. The molecule has 0 bridgehead atoms. The van der Waals surface area contributed by atoms with E-state index < -0.39 is 0 Å². The summed E-state index contributed by atoms with van der Waals surface area (Å²) in [5, 5.41) is 3.87. The minimum atomic E-state index is -0.219. The van der Waals surface area contributed by atoms with Gasteiger partial charge in [0.05, 0.1) is 0 Å². The maximum Gasteiger partial charge on any atom is 0.129 e. The van der Waals surface area contributed by atoms with Crippen LogP contribution in [0.25, 0.3) is 0 Å². The van der Waals surface area contributed by atoms with E-state index in [1.54, 1.807) is 12.1 Å². The van der Waals surface area contributed by atoms with Gasteiger partial charge >= 0.3 is 0 Å². The maximum atomic E-state index is 13.6. The van der Waals surface area contributed by atoms with Crippen molar-refractivity contribution < 1.29 is 4.39 Å². The number of nitrogens with one attached hydrogen (secondary N) is 1. The Balaban J connectivity index is 1.88. The van der Waals surface area contributed by atoms with Crippen LogP contribution in [0.1, 0.15) is 38.2 Å². The van der Waals surface area contributed by atoms with Crippen molar-refractivity contribution in [2.24, 2.45) is 5.92 Å². The molecular weight excluding hydrogens is 237 g/mol. The van der Waals surface area contributed by atoms with Crippen LogP contribution in [0.5, 0.6) is 0 Å². The maximum absolute atomic E-state index is 13.6. The molecule has 0 aliphatic heterocycles. The Morgan fingerprint density at radius 3 is 2.76 bits per heavy atom. The Kier molecular flexibility index (Phi) is 4.41. The lowest BCUT2D eigenvalue weighted by molar-refractivity contribution is 0.378. The Hall–Kier alpha value is -0.600. The van der Waals surface area contributed by atoms with Gasteiger partial charge in [-0.25, -0.2) is 4.39 Å². The van der Waals surface area contributed by atoms with Gasteiger partial charge in [0.1, 0.15) is 5.82 Å². The van der Waals surface area contributed by atoms with Crippen molar-refractivity contribution in [2.75, 3.05) is 0 Å². The van der Waals surface area contributed by atoms with Gasteiger partial charge < -0.3 is 5.32 Å². The van der Waals surface area contributed by atoms with Crippen molar-refractivity contribution in [3.8, 4) is 0 Å². The van der Waals surface area contributed by atoms with Gasteiger partial charge in [0.15, 0.2) is 0 Å². The van der Waals surface area contributed by atoms with E-state index in [2.05, 4.69) is 12.2 Å². The average Bonchev–Trinajstić information content (AvgIpc) is 2.81. The highest BCUT2D eigenvalue weighted by Crippen LogP contribution is 2.27. The third-order valence-corrected chi connectivity index (χ3v) is 3.97. The molecule has 1 nitrogen and oxygen atoms in total. The second-order valence-electron chi connectivity index (χ2n) is 4.95. The van der Waals surface area contributed by atoms with E-state index in [9.17, 15) is 4.39 Å². The third-order valence-electron chi connectivity index (χ3n) is 3.74. The molecule has 0 amide bonds. The first-order valence-electron chi connectivity index (χ1n) is 6.34. The predicted molar refractivity (Wildman–Crippen MR) is 69.7 cm³/mol. The molecule has 0 heterocycles. The highest BCUT2D eigenvalue weighted by atomic mass is 35.5. The number of halogens is 2. The van der Waals surface area contributed by atoms with Crippen LogP contribution in [0.4, 0.5) is 4.39 Å². The summed E-state index contributed by atoms with van der Waals surface area (Å²) in [6.07, 6.45) is 5.28. The minimum Gasteiger partial charge on any atom is -0.310 e.